The summed E-state index contributed by atoms with van der Waals surface area (Å²) in [4.78, 5) is 18.9. The highest BCUT2D eigenvalue weighted by Gasteiger charge is 2.27. The van der Waals surface area contributed by atoms with Crippen LogP contribution in [0.1, 0.15) is 37.4 Å². The quantitative estimate of drug-likeness (QED) is 0.841. The Labute approximate surface area is 167 Å². The van der Waals surface area contributed by atoms with Crippen LogP contribution in [0.2, 0.25) is 0 Å². The normalized spacial score (nSPS) is 17.8. The number of likely N-dealkylation sites (tertiary alicyclic amines) is 1. The first-order valence-electron chi connectivity index (χ1n) is 8.74. The summed E-state index contributed by atoms with van der Waals surface area (Å²) >= 11 is 0. The number of nitrogens with two attached hydrogens (primary N) is 1. The van der Waals surface area contributed by atoms with Gasteiger partial charge in [-0.15, -0.1) is 24.8 Å². The summed E-state index contributed by atoms with van der Waals surface area (Å²) in [6.45, 7) is 3.72. The van der Waals surface area contributed by atoms with E-state index in [-0.39, 0.29) is 30.7 Å². The van der Waals surface area contributed by atoms with Crippen molar-refractivity contribution in [3.63, 3.8) is 0 Å². The molecule has 2 aromatic rings. The Kier molecular flexibility index (Phi) is 9.13. The lowest BCUT2D eigenvalue weighted by Gasteiger charge is -2.35. The lowest BCUT2D eigenvalue weighted by atomic mass is 10.0. The van der Waals surface area contributed by atoms with E-state index in [2.05, 4.69) is 24.0 Å². The van der Waals surface area contributed by atoms with Crippen molar-refractivity contribution >= 4 is 30.7 Å². The average molecular weight is 399 g/mol. The van der Waals surface area contributed by atoms with E-state index in [1.54, 1.807) is 0 Å². The fourth-order valence-electron chi connectivity index (χ4n) is 3.34. The Balaban J connectivity index is 0.00000169. The zero-order chi connectivity index (χ0) is 16.9. The maximum atomic E-state index is 12.6. The molecular formula is C19H28Cl2N4O. The molecule has 7 heteroatoms. The molecule has 0 spiro atoms. The van der Waals surface area contributed by atoms with E-state index in [0.29, 0.717) is 12.5 Å². The third kappa shape index (κ3) is 5.73. The smallest absolute Gasteiger partial charge is 0.240 e. The Morgan fingerprint density at radius 3 is 2.69 bits per heavy atom. The molecule has 0 aliphatic carbocycles. The van der Waals surface area contributed by atoms with E-state index in [4.69, 9.17) is 5.73 Å². The highest BCUT2D eigenvalue weighted by molar-refractivity contribution is 5.85. The van der Waals surface area contributed by atoms with Crippen molar-refractivity contribution in [1.29, 1.82) is 0 Å². The molecule has 1 saturated heterocycles. The van der Waals surface area contributed by atoms with Gasteiger partial charge in [-0.1, -0.05) is 30.3 Å². The number of amides is 1. The van der Waals surface area contributed by atoms with Gasteiger partial charge in [0.25, 0.3) is 0 Å². The number of hydrogen-bond donors (Lipinski definition) is 1. The van der Waals surface area contributed by atoms with Crippen molar-refractivity contribution in [1.82, 2.24) is 14.5 Å². The third-order valence-corrected chi connectivity index (χ3v) is 4.73. The summed E-state index contributed by atoms with van der Waals surface area (Å²) in [7, 11) is 0. The van der Waals surface area contributed by atoms with Crippen LogP contribution in [0, 0.1) is 0 Å². The van der Waals surface area contributed by atoms with E-state index >= 15 is 0 Å². The molecule has 26 heavy (non-hydrogen) atoms. The number of aromatic nitrogens is 2. The largest absolute Gasteiger partial charge is 0.339 e. The van der Waals surface area contributed by atoms with Gasteiger partial charge in [-0.25, -0.2) is 4.98 Å². The van der Waals surface area contributed by atoms with Crippen molar-refractivity contribution in [2.75, 3.05) is 6.54 Å². The lowest BCUT2D eigenvalue weighted by molar-refractivity contribution is -0.135. The maximum Gasteiger partial charge on any atom is 0.240 e. The molecule has 1 aliphatic rings. The number of nitrogens with zero attached hydrogens (tertiary/aromatic N) is 3. The molecule has 1 aromatic heterocycles. The molecule has 2 N–H and O–H groups in total. The molecule has 0 bridgehead atoms. The van der Waals surface area contributed by atoms with Crippen LogP contribution in [0.15, 0.2) is 42.9 Å². The Hall–Kier alpha value is -1.56. The van der Waals surface area contributed by atoms with Gasteiger partial charge < -0.3 is 15.2 Å². The third-order valence-electron chi connectivity index (χ3n) is 4.73. The van der Waals surface area contributed by atoms with Gasteiger partial charge in [0.2, 0.25) is 5.91 Å². The first-order valence-corrected chi connectivity index (χ1v) is 8.74. The fraction of sp³-hybridized carbons (Fsp3) is 0.474. The zero-order valence-electron chi connectivity index (χ0n) is 15.1. The average Bonchev–Trinajstić information content (AvgIpc) is 3.02. The number of hydrogen-bond acceptors (Lipinski definition) is 3. The molecule has 0 saturated carbocycles. The van der Waals surface area contributed by atoms with Crippen LogP contribution in [-0.2, 0) is 17.8 Å². The standard InChI is InChI=1S/C19H26N4O.2ClH/c1-15-7-5-6-10-23(15)19(24)18(20)11-17-13-22(14-21-17)12-16-8-3-2-4-9-16;;/h2-4,8-9,13-15,18H,5-7,10-12,20H2,1H3;2*1H/t15?,18-;;/m0../s1. The summed E-state index contributed by atoms with van der Waals surface area (Å²) < 4.78 is 2.03. The molecule has 5 nitrogen and oxygen atoms in total. The number of carbonyl (C=O) groups is 1. The van der Waals surface area contributed by atoms with Crippen LogP contribution >= 0.6 is 24.8 Å². The van der Waals surface area contributed by atoms with E-state index < -0.39 is 6.04 Å². The van der Waals surface area contributed by atoms with Gasteiger partial charge in [-0.2, -0.15) is 0 Å². The number of benzene rings is 1. The first-order chi connectivity index (χ1) is 11.6. The number of piperidine rings is 1. The Bertz CT molecular complexity index is 677. The van der Waals surface area contributed by atoms with Gasteiger partial charge in [0, 0.05) is 31.7 Å². The zero-order valence-corrected chi connectivity index (χ0v) is 16.7. The molecule has 2 heterocycles. The minimum absolute atomic E-state index is 0. The van der Waals surface area contributed by atoms with E-state index in [1.807, 2.05) is 40.2 Å². The predicted molar refractivity (Wildman–Crippen MR) is 109 cm³/mol. The molecule has 3 rings (SSSR count). The molecule has 1 unspecified atom stereocenters. The van der Waals surface area contributed by atoms with E-state index in [0.717, 1.165) is 31.6 Å². The summed E-state index contributed by atoms with van der Waals surface area (Å²) in [5, 5.41) is 0. The number of rotatable bonds is 5. The molecule has 1 fully saturated rings. The van der Waals surface area contributed by atoms with Gasteiger partial charge in [-0.05, 0) is 31.7 Å². The maximum absolute atomic E-state index is 12.6. The monoisotopic (exact) mass is 398 g/mol. The summed E-state index contributed by atoms with van der Waals surface area (Å²) in [6, 6.07) is 10.0. The highest BCUT2D eigenvalue weighted by Crippen LogP contribution is 2.17. The topological polar surface area (TPSA) is 64.2 Å². The fourth-order valence-corrected chi connectivity index (χ4v) is 3.34. The second kappa shape index (κ2) is 10.6. The van der Waals surface area contributed by atoms with E-state index in [1.165, 1.54) is 12.0 Å². The highest BCUT2D eigenvalue weighted by atomic mass is 35.5. The first kappa shape index (κ1) is 22.5. The van der Waals surface area contributed by atoms with Gasteiger partial charge in [0.05, 0.1) is 18.1 Å². The Morgan fingerprint density at radius 1 is 1.27 bits per heavy atom. The van der Waals surface area contributed by atoms with Crippen LogP contribution in [0.25, 0.3) is 0 Å². The minimum atomic E-state index is -0.509. The molecular weight excluding hydrogens is 371 g/mol. The molecule has 0 radical (unpaired) electrons. The summed E-state index contributed by atoms with van der Waals surface area (Å²) in [6.07, 6.45) is 7.63. The van der Waals surface area contributed by atoms with Crippen molar-refractivity contribution < 1.29 is 4.79 Å². The van der Waals surface area contributed by atoms with Gasteiger partial charge in [0.1, 0.15) is 0 Å². The van der Waals surface area contributed by atoms with Gasteiger partial charge in [0.15, 0.2) is 0 Å². The SMILES string of the molecule is CC1CCCCN1C(=O)[C@@H](N)Cc1cn(Cc2ccccc2)cn1.Cl.Cl. The minimum Gasteiger partial charge on any atom is -0.339 e. The number of carbonyl (C=O) groups excluding carboxylic acids is 1. The van der Waals surface area contributed by atoms with Crippen LogP contribution in [0.5, 0.6) is 0 Å². The predicted octanol–water partition coefficient (Wildman–Crippen LogP) is 3.05. The molecule has 144 valence electrons. The second-order valence-corrected chi connectivity index (χ2v) is 6.71. The van der Waals surface area contributed by atoms with Crippen LogP contribution in [-0.4, -0.2) is 39.0 Å². The summed E-state index contributed by atoms with van der Waals surface area (Å²) in [5.74, 6) is 0.0554. The lowest BCUT2D eigenvalue weighted by Crippen LogP contribution is -2.50. The summed E-state index contributed by atoms with van der Waals surface area (Å²) in [5.41, 5.74) is 8.26. The molecule has 2 atom stereocenters. The van der Waals surface area contributed by atoms with Crippen molar-refractivity contribution in [2.24, 2.45) is 5.73 Å². The van der Waals surface area contributed by atoms with Crippen molar-refractivity contribution in [3.8, 4) is 0 Å². The Morgan fingerprint density at radius 2 is 2.00 bits per heavy atom. The molecule has 1 aliphatic heterocycles. The number of imidazole rings is 1. The van der Waals surface area contributed by atoms with Gasteiger partial charge >= 0.3 is 0 Å². The van der Waals surface area contributed by atoms with Gasteiger partial charge in [-0.3, -0.25) is 4.79 Å². The number of halogens is 2. The molecule has 1 aromatic carbocycles. The van der Waals surface area contributed by atoms with Crippen LogP contribution in [0.3, 0.4) is 0 Å². The van der Waals surface area contributed by atoms with Crippen LogP contribution < -0.4 is 5.73 Å². The van der Waals surface area contributed by atoms with Crippen LogP contribution in [0.4, 0.5) is 0 Å². The van der Waals surface area contributed by atoms with E-state index in [9.17, 15) is 4.79 Å². The van der Waals surface area contributed by atoms with Crippen molar-refractivity contribution in [3.05, 3.63) is 54.1 Å². The molecule has 1 amide bonds. The van der Waals surface area contributed by atoms with Crippen molar-refractivity contribution in [2.45, 2.75) is 51.2 Å². The second-order valence-electron chi connectivity index (χ2n) is 6.71.